The van der Waals surface area contributed by atoms with Crippen LogP contribution in [0.5, 0.6) is 0 Å². The number of likely N-dealkylation sites (tertiary alicyclic amines) is 1. The molecular weight excluding hydrogens is 249 g/mol. The number of carboxylic acids is 1. The maximum absolute atomic E-state index is 13.8. The number of hydrogen-bond donors (Lipinski definition) is 1. The minimum absolute atomic E-state index is 0.0140. The van der Waals surface area contributed by atoms with Gasteiger partial charge in [0.15, 0.2) is 0 Å². The Morgan fingerprint density at radius 2 is 2.37 bits per heavy atom. The molecule has 1 N–H and O–H groups in total. The van der Waals surface area contributed by atoms with Gasteiger partial charge in [0.2, 0.25) is 0 Å². The van der Waals surface area contributed by atoms with Crippen LogP contribution in [0.3, 0.4) is 0 Å². The molecule has 1 aliphatic heterocycles. The zero-order chi connectivity index (χ0) is 13.8. The second-order valence-corrected chi connectivity index (χ2v) is 4.96. The lowest BCUT2D eigenvalue weighted by atomic mass is 10.1. The monoisotopic (exact) mass is 267 g/mol. The highest BCUT2D eigenvalue weighted by molar-refractivity contribution is 5.87. The summed E-state index contributed by atoms with van der Waals surface area (Å²) in [5.74, 6) is -1.05. The van der Waals surface area contributed by atoms with Crippen LogP contribution in [0.25, 0.3) is 0 Å². The number of halogens is 1. The Morgan fingerprint density at radius 1 is 1.58 bits per heavy atom. The number of carboxylic acid groups (broad SMARTS) is 1. The van der Waals surface area contributed by atoms with Gasteiger partial charge in [0.25, 0.3) is 0 Å². The molecule has 1 fully saturated rings. The molecule has 1 heterocycles. The molecule has 1 atom stereocenters. The van der Waals surface area contributed by atoms with Gasteiger partial charge >= 0.3 is 5.97 Å². The summed E-state index contributed by atoms with van der Waals surface area (Å²) >= 11 is 0. The lowest BCUT2D eigenvalue weighted by molar-refractivity contribution is 0.0696. The highest BCUT2D eigenvalue weighted by Gasteiger charge is 2.23. The molecule has 1 aliphatic rings. The van der Waals surface area contributed by atoms with Gasteiger partial charge < -0.3 is 9.84 Å². The molecule has 5 heteroatoms. The average Bonchev–Trinajstić information content (AvgIpc) is 2.79. The number of rotatable bonds is 5. The van der Waals surface area contributed by atoms with E-state index in [1.54, 1.807) is 13.2 Å². The van der Waals surface area contributed by atoms with Crippen LogP contribution in [0.4, 0.5) is 4.39 Å². The number of carbonyl (C=O) groups is 1. The van der Waals surface area contributed by atoms with Gasteiger partial charge in [-0.25, -0.2) is 9.18 Å². The fourth-order valence-corrected chi connectivity index (χ4v) is 2.48. The van der Waals surface area contributed by atoms with Gasteiger partial charge in [-0.2, -0.15) is 0 Å². The van der Waals surface area contributed by atoms with E-state index >= 15 is 0 Å². The molecule has 0 saturated carbocycles. The van der Waals surface area contributed by atoms with Gasteiger partial charge in [-0.05, 0) is 31.0 Å². The summed E-state index contributed by atoms with van der Waals surface area (Å²) in [7, 11) is 1.69. The second-order valence-electron chi connectivity index (χ2n) is 4.96. The molecule has 2 rings (SSSR count). The third-order valence-electron chi connectivity index (χ3n) is 3.47. The first-order chi connectivity index (χ1) is 9.10. The third-order valence-corrected chi connectivity index (χ3v) is 3.47. The standard InChI is InChI=1S/C14H18FNO3/c1-19-9-10-4-5-16(7-10)8-12-3-2-11(14(17)18)6-13(12)15/h2-3,6,10H,4-5,7-9H2,1H3,(H,17,18). The molecule has 0 aliphatic carbocycles. The topological polar surface area (TPSA) is 49.8 Å². The van der Waals surface area contributed by atoms with Crippen molar-refractivity contribution in [3.8, 4) is 0 Å². The number of ether oxygens (including phenoxy) is 1. The van der Waals surface area contributed by atoms with Gasteiger partial charge in [0, 0.05) is 25.8 Å². The third kappa shape index (κ3) is 3.52. The number of nitrogens with zero attached hydrogens (tertiary/aromatic N) is 1. The van der Waals surface area contributed by atoms with E-state index in [1.165, 1.54) is 6.07 Å². The van der Waals surface area contributed by atoms with Crippen molar-refractivity contribution in [1.82, 2.24) is 4.90 Å². The van der Waals surface area contributed by atoms with Gasteiger partial charge in [-0.3, -0.25) is 4.90 Å². The van der Waals surface area contributed by atoms with E-state index in [0.717, 1.165) is 32.2 Å². The number of benzene rings is 1. The molecule has 0 radical (unpaired) electrons. The summed E-state index contributed by atoms with van der Waals surface area (Å²) in [6.07, 6.45) is 1.06. The van der Waals surface area contributed by atoms with Crippen molar-refractivity contribution < 1.29 is 19.0 Å². The predicted molar refractivity (Wildman–Crippen MR) is 68.6 cm³/mol. The van der Waals surface area contributed by atoms with Crippen molar-refractivity contribution in [2.75, 3.05) is 26.8 Å². The number of methoxy groups -OCH3 is 1. The second kappa shape index (κ2) is 6.12. The molecule has 19 heavy (non-hydrogen) atoms. The predicted octanol–water partition coefficient (Wildman–Crippen LogP) is 1.99. The SMILES string of the molecule is COCC1CCN(Cc2ccc(C(=O)O)cc2F)C1. The van der Waals surface area contributed by atoms with Crippen LogP contribution in [0.15, 0.2) is 18.2 Å². The number of aromatic carboxylic acids is 1. The van der Waals surface area contributed by atoms with E-state index in [9.17, 15) is 9.18 Å². The zero-order valence-corrected chi connectivity index (χ0v) is 10.9. The Kier molecular flexibility index (Phi) is 4.50. The van der Waals surface area contributed by atoms with E-state index in [1.807, 2.05) is 0 Å². The van der Waals surface area contributed by atoms with Crippen LogP contribution >= 0.6 is 0 Å². The van der Waals surface area contributed by atoms with E-state index < -0.39 is 11.8 Å². The van der Waals surface area contributed by atoms with Gasteiger partial charge in [0.05, 0.1) is 12.2 Å². The van der Waals surface area contributed by atoms with Crippen molar-refractivity contribution in [3.63, 3.8) is 0 Å². The Balaban J connectivity index is 1.98. The van der Waals surface area contributed by atoms with Crippen LogP contribution in [0.1, 0.15) is 22.3 Å². The molecule has 1 aromatic rings. The van der Waals surface area contributed by atoms with Crippen LogP contribution in [-0.2, 0) is 11.3 Å². The maximum atomic E-state index is 13.8. The largest absolute Gasteiger partial charge is 0.478 e. The van der Waals surface area contributed by atoms with Crippen molar-refractivity contribution >= 4 is 5.97 Å². The quantitative estimate of drug-likeness (QED) is 0.886. The van der Waals surface area contributed by atoms with Crippen molar-refractivity contribution in [1.29, 1.82) is 0 Å². The first-order valence-corrected chi connectivity index (χ1v) is 6.33. The highest BCUT2D eigenvalue weighted by Crippen LogP contribution is 2.20. The van der Waals surface area contributed by atoms with Crippen molar-refractivity contribution in [2.24, 2.45) is 5.92 Å². The van der Waals surface area contributed by atoms with Crippen molar-refractivity contribution in [2.45, 2.75) is 13.0 Å². The number of hydrogen-bond acceptors (Lipinski definition) is 3. The molecule has 104 valence electrons. The Bertz CT molecular complexity index is 464. The Morgan fingerprint density at radius 3 is 3.00 bits per heavy atom. The summed E-state index contributed by atoms with van der Waals surface area (Å²) in [6, 6.07) is 4.09. The van der Waals surface area contributed by atoms with E-state index in [0.29, 0.717) is 18.0 Å². The van der Waals surface area contributed by atoms with Gasteiger partial charge in [-0.1, -0.05) is 6.07 Å². The molecule has 0 spiro atoms. The molecular formula is C14H18FNO3. The average molecular weight is 267 g/mol. The van der Waals surface area contributed by atoms with Crippen LogP contribution in [-0.4, -0.2) is 42.8 Å². The van der Waals surface area contributed by atoms with Crippen LogP contribution < -0.4 is 0 Å². The van der Waals surface area contributed by atoms with E-state index in [4.69, 9.17) is 9.84 Å². The zero-order valence-electron chi connectivity index (χ0n) is 10.9. The Hall–Kier alpha value is -1.46. The first kappa shape index (κ1) is 14.0. The summed E-state index contributed by atoms with van der Waals surface area (Å²) < 4.78 is 18.9. The van der Waals surface area contributed by atoms with Crippen molar-refractivity contribution in [3.05, 3.63) is 35.1 Å². The molecule has 1 saturated heterocycles. The van der Waals surface area contributed by atoms with Crippen LogP contribution in [0, 0.1) is 11.7 Å². The lowest BCUT2D eigenvalue weighted by Gasteiger charge is -2.16. The van der Waals surface area contributed by atoms with E-state index in [2.05, 4.69) is 4.90 Å². The van der Waals surface area contributed by atoms with Gasteiger partial charge in [0.1, 0.15) is 5.82 Å². The molecule has 1 unspecified atom stereocenters. The summed E-state index contributed by atoms with van der Waals surface area (Å²) in [5, 5.41) is 8.79. The van der Waals surface area contributed by atoms with Crippen LogP contribution in [0.2, 0.25) is 0 Å². The summed E-state index contributed by atoms with van der Waals surface area (Å²) in [5.41, 5.74) is 0.531. The fraction of sp³-hybridized carbons (Fsp3) is 0.500. The lowest BCUT2D eigenvalue weighted by Crippen LogP contribution is -2.22. The molecule has 0 aromatic heterocycles. The first-order valence-electron chi connectivity index (χ1n) is 6.33. The minimum Gasteiger partial charge on any atom is -0.478 e. The molecule has 0 amide bonds. The Labute approximate surface area is 111 Å². The minimum atomic E-state index is -1.10. The highest BCUT2D eigenvalue weighted by atomic mass is 19.1. The van der Waals surface area contributed by atoms with Gasteiger partial charge in [-0.15, -0.1) is 0 Å². The molecule has 4 nitrogen and oxygen atoms in total. The molecule has 0 bridgehead atoms. The fourth-order valence-electron chi connectivity index (χ4n) is 2.48. The normalized spacial score (nSPS) is 19.8. The molecule has 1 aromatic carbocycles. The maximum Gasteiger partial charge on any atom is 0.335 e. The smallest absolute Gasteiger partial charge is 0.335 e. The van der Waals surface area contributed by atoms with E-state index in [-0.39, 0.29) is 5.56 Å². The summed E-state index contributed by atoms with van der Waals surface area (Å²) in [4.78, 5) is 12.9. The summed E-state index contributed by atoms with van der Waals surface area (Å²) in [6.45, 7) is 3.07.